The molecule has 0 radical (unpaired) electrons. The lowest BCUT2D eigenvalue weighted by Gasteiger charge is -2.35. The van der Waals surface area contributed by atoms with Crippen LogP contribution in [0.1, 0.15) is 23.1 Å². The van der Waals surface area contributed by atoms with E-state index in [9.17, 15) is 0 Å². The number of hydrogen-bond acceptors (Lipinski definition) is 1. The van der Waals surface area contributed by atoms with E-state index in [4.69, 9.17) is 4.74 Å². The molecule has 0 aliphatic carbocycles. The molecule has 1 heterocycles. The Morgan fingerprint density at radius 2 is 1.67 bits per heavy atom. The molecule has 0 aromatic heterocycles. The third kappa shape index (κ3) is 3.42. The van der Waals surface area contributed by atoms with E-state index in [0.717, 1.165) is 23.2 Å². The Bertz CT molecular complexity index is 676. The summed E-state index contributed by atoms with van der Waals surface area (Å²) in [6.45, 7) is 1.70. The van der Waals surface area contributed by atoms with E-state index >= 15 is 0 Å². The molecule has 2 aromatic rings. The van der Waals surface area contributed by atoms with Gasteiger partial charge in [0.25, 0.3) is 0 Å². The first-order valence-electron chi connectivity index (χ1n) is 8.26. The number of rotatable bonds is 4. The Hall–Kier alpha value is -0.840. The Morgan fingerprint density at radius 3 is 2.38 bits per heavy atom. The van der Waals surface area contributed by atoms with Crippen LogP contribution in [0.25, 0.3) is 0 Å². The standard InChI is InChI=1S/C20H24Br2NO/c1-23(2,3)13-12-19(21)20(22)16-9-5-4-8-15(16)14-24-18-11-7-6-10-17(18)20/h4-11,19H,12-14H2,1-3H3/q+1. The molecule has 2 nitrogen and oxygen atoms in total. The summed E-state index contributed by atoms with van der Waals surface area (Å²) in [5.74, 6) is 0.959. The van der Waals surface area contributed by atoms with Gasteiger partial charge in [-0.05, 0) is 17.2 Å². The summed E-state index contributed by atoms with van der Waals surface area (Å²) in [4.78, 5) is 0.256. The fourth-order valence-corrected chi connectivity index (χ4v) is 4.87. The number of quaternary nitrogens is 1. The molecule has 2 atom stereocenters. The van der Waals surface area contributed by atoms with Crippen molar-refractivity contribution in [2.24, 2.45) is 0 Å². The number of fused-ring (bicyclic) bond motifs is 2. The van der Waals surface area contributed by atoms with Crippen LogP contribution < -0.4 is 4.74 Å². The maximum Gasteiger partial charge on any atom is 0.124 e. The molecule has 1 aliphatic rings. The summed E-state index contributed by atoms with van der Waals surface area (Å²) >= 11 is 8.15. The number of hydrogen-bond donors (Lipinski definition) is 0. The van der Waals surface area contributed by atoms with Crippen molar-refractivity contribution in [3.63, 3.8) is 0 Å². The average molecular weight is 454 g/mol. The molecule has 0 saturated carbocycles. The van der Waals surface area contributed by atoms with Crippen LogP contribution in [0.5, 0.6) is 5.75 Å². The molecule has 0 bridgehead atoms. The number of para-hydroxylation sites is 1. The van der Waals surface area contributed by atoms with Gasteiger partial charge in [-0.3, -0.25) is 0 Å². The van der Waals surface area contributed by atoms with E-state index in [2.05, 4.69) is 95.5 Å². The van der Waals surface area contributed by atoms with Gasteiger partial charge in [0.2, 0.25) is 0 Å². The number of benzene rings is 2. The van der Waals surface area contributed by atoms with Crippen LogP contribution in [-0.2, 0) is 10.9 Å². The van der Waals surface area contributed by atoms with Gasteiger partial charge in [0.1, 0.15) is 12.4 Å². The molecule has 0 fully saturated rings. The van der Waals surface area contributed by atoms with Crippen LogP contribution in [0.3, 0.4) is 0 Å². The maximum absolute atomic E-state index is 6.11. The molecular weight excluding hydrogens is 430 g/mol. The topological polar surface area (TPSA) is 9.23 Å². The summed E-state index contributed by atoms with van der Waals surface area (Å²) < 4.78 is 6.76. The minimum absolute atomic E-state index is 0.256. The Kier molecular flexibility index (Phi) is 5.10. The van der Waals surface area contributed by atoms with Gasteiger partial charge < -0.3 is 9.22 Å². The van der Waals surface area contributed by atoms with Crippen molar-refractivity contribution in [2.75, 3.05) is 27.7 Å². The van der Waals surface area contributed by atoms with Crippen LogP contribution in [0.2, 0.25) is 0 Å². The van der Waals surface area contributed by atoms with Crippen molar-refractivity contribution in [1.82, 2.24) is 0 Å². The normalized spacial score (nSPS) is 21.2. The maximum atomic E-state index is 6.11. The van der Waals surface area contributed by atoms with E-state index in [1.54, 1.807) is 0 Å². The molecule has 24 heavy (non-hydrogen) atoms. The highest BCUT2D eigenvalue weighted by Crippen LogP contribution is 2.51. The first-order valence-corrected chi connectivity index (χ1v) is 9.97. The molecule has 0 N–H and O–H groups in total. The predicted octanol–water partition coefficient (Wildman–Crippen LogP) is 5.08. The smallest absolute Gasteiger partial charge is 0.124 e. The molecule has 1 aliphatic heterocycles. The number of nitrogens with zero attached hydrogens (tertiary/aromatic N) is 1. The number of ether oxygens (including phenoxy) is 1. The summed E-state index contributed by atoms with van der Waals surface area (Å²) in [6, 6.07) is 16.9. The lowest BCUT2D eigenvalue weighted by molar-refractivity contribution is -0.870. The lowest BCUT2D eigenvalue weighted by Crippen LogP contribution is -2.40. The lowest BCUT2D eigenvalue weighted by atomic mass is 9.84. The Balaban J connectivity index is 2.10. The minimum Gasteiger partial charge on any atom is -0.489 e. The molecule has 128 valence electrons. The third-order valence-electron chi connectivity index (χ3n) is 4.56. The summed E-state index contributed by atoms with van der Waals surface area (Å²) in [6.07, 6.45) is 1.05. The SMILES string of the molecule is C[N+](C)(C)CCC(Br)C1(Br)c2ccccc2COc2ccccc21. The molecule has 2 unspecified atom stereocenters. The van der Waals surface area contributed by atoms with E-state index in [-0.39, 0.29) is 9.15 Å². The molecule has 0 spiro atoms. The largest absolute Gasteiger partial charge is 0.489 e. The second kappa shape index (κ2) is 6.81. The van der Waals surface area contributed by atoms with Crippen molar-refractivity contribution in [1.29, 1.82) is 0 Å². The van der Waals surface area contributed by atoms with Gasteiger partial charge in [-0.1, -0.05) is 74.3 Å². The molecule has 2 aromatic carbocycles. The first kappa shape index (κ1) is 18.0. The summed E-state index contributed by atoms with van der Waals surface area (Å²) in [7, 11) is 6.70. The Labute approximate surface area is 161 Å². The van der Waals surface area contributed by atoms with Gasteiger partial charge in [-0.15, -0.1) is 0 Å². The fraction of sp³-hybridized carbons (Fsp3) is 0.400. The van der Waals surface area contributed by atoms with Crippen LogP contribution in [-0.4, -0.2) is 37.0 Å². The molecule has 3 rings (SSSR count). The first-order chi connectivity index (χ1) is 11.3. The number of halogens is 2. The second-order valence-electron chi connectivity index (χ2n) is 7.42. The quantitative estimate of drug-likeness (QED) is 0.463. The van der Waals surface area contributed by atoms with Crippen LogP contribution >= 0.6 is 31.9 Å². The van der Waals surface area contributed by atoms with Gasteiger partial charge in [0.15, 0.2) is 0 Å². The van der Waals surface area contributed by atoms with E-state index < -0.39 is 0 Å². The van der Waals surface area contributed by atoms with Gasteiger partial charge in [0.05, 0.1) is 32.0 Å². The second-order valence-corrected chi connectivity index (χ2v) is 9.78. The van der Waals surface area contributed by atoms with E-state index in [1.807, 2.05) is 6.07 Å². The fourth-order valence-electron chi connectivity index (χ4n) is 3.23. The highest BCUT2D eigenvalue weighted by Gasteiger charge is 2.43. The zero-order chi connectivity index (χ0) is 17.4. The predicted molar refractivity (Wildman–Crippen MR) is 107 cm³/mol. The van der Waals surface area contributed by atoms with Crippen molar-refractivity contribution >= 4 is 31.9 Å². The summed E-state index contributed by atoms with van der Waals surface area (Å²) in [5.41, 5.74) is 3.72. The number of alkyl halides is 2. The Morgan fingerprint density at radius 1 is 1.04 bits per heavy atom. The molecule has 0 saturated heterocycles. The van der Waals surface area contributed by atoms with Gasteiger partial charge in [-0.2, -0.15) is 0 Å². The van der Waals surface area contributed by atoms with E-state index in [0.29, 0.717) is 6.61 Å². The highest BCUT2D eigenvalue weighted by molar-refractivity contribution is 9.12. The zero-order valence-corrected chi connectivity index (χ0v) is 17.6. The monoisotopic (exact) mass is 452 g/mol. The van der Waals surface area contributed by atoms with Crippen LogP contribution in [0.15, 0.2) is 48.5 Å². The zero-order valence-electron chi connectivity index (χ0n) is 14.4. The van der Waals surface area contributed by atoms with Gasteiger partial charge in [0, 0.05) is 16.8 Å². The highest BCUT2D eigenvalue weighted by atomic mass is 79.9. The van der Waals surface area contributed by atoms with Crippen molar-refractivity contribution < 1.29 is 9.22 Å². The van der Waals surface area contributed by atoms with Gasteiger partial charge in [-0.25, -0.2) is 0 Å². The third-order valence-corrected chi connectivity index (χ3v) is 7.72. The van der Waals surface area contributed by atoms with Crippen LogP contribution in [0, 0.1) is 0 Å². The van der Waals surface area contributed by atoms with Crippen LogP contribution in [0.4, 0.5) is 0 Å². The van der Waals surface area contributed by atoms with E-state index in [1.165, 1.54) is 16.7 Å². The van der Waals surface area contributed by atoms with Crippen molar-refractivity contribution in [2.45, 2.75) is 22.2 Å². The minimum atomic E-state index is -0.300. The van der Waals surface area contributed by atoms with Crippen molar-refractivity contribution in [3.05, 3.63) is 65.2 Å². The molecule has 0 amide bonds. The average Bonchev–Trinajstić information content (AvgIpc) is 2.69. The molecule has 4 heteroatoms. The van der Waals surface area contributed by atoms with Crippen molar-refractivity contribution in [3.8, 4) is 5.75 Å². The molecular formula is C20H24Br2NO+. The summed E-state index contributed by atoms with van der Waals surface area (Å²) in [5, 5.41) is 0. The van der Waals surface area contributed by atoms with Gasteiger partial charge >= 0.3 is 0 Å².